The van der Waals surface area contributed by atoms with Gasteiger partial charge in [0.1, 0.15) is 0 Å². The molecule has 3 fully saturated rings. The minimum atomic E-state index is 0.626. The minimum absolute atomic E-state index is 0.626. The second-order valence-corrected chi connectivity index (χ2v) is 6.88. The summed E-state index contributed by atoms with van der Waals surface area (Å²) in [4.78, 5) is 7.93. The zero-order valence-corrected chi connectivity index (χ0v) is 12.2. The lowest BCUT2D eigenvalue weighted by atomic mass is 9.76. The molecule has 0 atom stereocenters. The second kappa shape index (κ2) is 5.10. The van der Waals surface area contributed by atoms with Crippen LogP contribution in [0.4, 0.5) is 0 Å². The Bertz CT molecular complexity index is 275. The van der Waals surface area contributed by atoms with Crippen molar-refractivity contribution in [1.29, 1.82) is 0 Å². The van der Waals surface area contributed by atoms with Crippen molar-refractivity contribution in [1.82, 2.24) is 14.7 Å². The van der Waals surface area contributed by atoms with Crippen LogP contribution in [0.2, 0.25) is 0 Å². The van der Waals surface area contributed by atoms with Crippen molar-refractivity contribution in [2.24, 2.45) is 5.92 Å². The first-order valence-corrected chi connectivity index (χ1v) is 7.88. The van der Waals surface area contributed by atoms with Crippen molar-refractivity contribution in [3.05, 3.63) is 0 Å². The number of rotatable bonds is 4. The molecule has 0 unspecified atom stereocenters. The van der Waals surface area contributed by atoms with Crippen molar-refractivity contribution >= 4 is 0 Å². The van der Waals surface area contributed by atoms with Gasteiger partial charge in [0.15, 0.2) is 0 Å². The van der Waals surface area contributed by atoms with Crippen LogP contribution in [-0.2, 0) is 0 Å². The van der Waals surface area contributed by atoms with Crippen molar-refractivity contribution in [2.75, 3.05) is 52.9 Å². The summed E-state index contributed by atoms with van der Waals surface area (Å²) in [5.41, 5.74) is 0.626. The highest BCUT2D eigenvalue weighted by atomic mass is 15.4. The molecule has 3 aliphatic heterocycles. The van der Waals surface area contributed by atoms with Crippen molar-refractivity contribution in [3.63, 3.8) is 0 Å². The molecule has 0 amide bonds. The molecule has 0 N–H and O–H groups in total. The highest BCUT2D eigenvalue weighted by molar-refractivity contribution is 5.10. The van der Waals surface area contributed by atoms with Crippen molar-refractivity contribution < 1.29 is 0 Å². The third-order valence-electron chi connectivity index (χ3n) is 5.40. The van der Waals surface area contributed by atoms with Gasteiger partial charge in [0.05, 0.1) is 0 Å². The summed E-state index contributed by atoms with van der Waals surface area (Å²) >= 11 is 0. The summed E-state index contributed by atoms with van der Waals surface area (Å²) in [5.74, 6) is 0.971. The van der Waals surface area contributed by atoms with Gasteiger partial charge in [0.25, 0.3) is 0 Å². The van der Waals surface area contributed by atoms with Gasteiger partial charge < -0.3 is 4.90 Å². The van der Waals surface area contributed by atoms with Gasteiger partial charge in [-0.25, -0.2) is 0 Å². The largest absolute Gasteiger partial charge is 0.306 e. The highest BCUT2D eigenvalue weighted by Gasteiger charge is 2.52. The summed E-state index contributed by atoms with van der Waals surface area (Å²) in [6.45, 7) is 11.7. The minimum Gasteiger partial charge on any atom is -0.306 e. The Labute approximate surface area is 112 Å². The van der Waals surface area contributed by atoms with E-state index in [1.54, 1.807) is 0 Å². The number of hydrogen-bond donors (Lipinski definition) is 0. The van der Waals surface area contributed by atoms with Gasteiger partial charge in [0, 0.05) is 31.7 Å². The summed E-state index contributed by atoms with van der Waals surface area (Å²) < 4.78 is 0. The number of likely N-dealkylation sites (tertiary alicyclic amines) is 3. The lowest BCUT2D eigenvalue weighted by Gasteiger charge is -2.63. The summed E-state index contributed by atoms with van der Waals surface area (Å²) in [6, 6.07) is 0. The third-order valence-corrected chi connectivity index (χ3v) is 5.40. The van der Waals surface area contributed by atoms with Gasteiger partial charge in [-0.2, -0.15) is 0 Å². The van der Waals surface area contributed by atoms with Gasteiger partial charge in [-0.05, 0) is 58.3 Å². The van der Waals surface area contributed by atoms with Crippen LogP contribution < -0.4 is 0 Å². The molecule has 3 heterocycles. The fourth-order valence-corrected chi connectivity index (χ4v) is 4.09. The molecular weight excluding hydrogens is 222 g/mol. The van der Waals surface area contributed by atoms with Crippen molar-refractivity contribution in [3.8, 4) is 0 Å². The van der Waals surface area contributed by atoms with Gasteiger partial charge in [-0.3, -0.25) is 9.80 Å². The van der Waals surface area contributed by atoms with Crippen LogP contribution in [0, 0.1) is 5.92 Å². The molecule has 0 aromatic heterocycles. The normalized spacial score (nSPS) is 30.3. The third kappa shape index (κ3) is 2.33. The fourth-order valence-electron chi connectivity index (χ4n) is 4.09. The van der Waals surface area contributed by atoms with Gasteiger partial charge in [0.2, 0.25) is 0 Å². The fraction of sp³-hybridized carbons (Fsp3) is 1.00. The Hall–Kier alpha value is -0.120. The molecular formula is C15H29N3. The van der Waals surface area contributed by atoms with Crippen LogP contribution in [0.1, 0.15) is 32.6 Å². The van der Waals surface area contributed by atoms with E-state index in [1.807, 2.05) is 0 Å². The van der Waals surface area contributed by atoms with E-state index in [9.17, 15) is 0 Å². The average Bonchev–Trinajstić information content (AvgIpc) is 2.31. The van der Waals surface area contributed by atoms with E-state index in [4.69, 9.17) is 0 Å². The molecule has 0 radical (unpaired) electrons. The lowest BCUT2D eigenvalue weighted by molar-refractivity contribution is -0.127. The molecule has 104 valence electrons. The maximum atomic E-state index is 2.73. The molecule has 18 heavy (non-hydrogen) atoms. The standard InChI is InChI=1S/C15H29N3/c1-3-7-18-10-6-15(18)12-17(13-15)11-14-4-8-16(2)9-5-14/h14H,3-13H2,1-2H3. The van der Waals surface area contributed by atoms with Gasteiger partial charge >= 0.3 is 0 Å². The van der Waals surface area contributed by atoms with Crippen LogP contribution in [-0.4, -0.2) is 73.1 Å². The molecule has 0 bridgehead atoms. The second-order valence-electron chi connectivity index (χ2n) is 6.88. The van der Waals surface area contributed by atoms with Crippen molar-refractivity contribution in [2.45, 2.75) is 38.1 Å². The summed E-state index contributed by atoms with van der Waals surface area (Å²) in [6.07, 6.45) is 5.60. The summed E-state index contributed by atoms with van der Waals surface area (Å²) in [7, 11) is 2.26. The number of hydrogen-bond acceptors (Lipinski definition) is 3. The molecule has 0 aromatic carbocycles. The zero-order valence-electron chi connectivity index (χ0n) is 12.2. The Morgan fingerprint density at radius 3 is 2.39 bits per heavy atom. The lowest BCUT2D eigenvalue weighted by Crippen LogP contribution is -2.77. The molecule has 0 saturated carbocycles. The van der Waals surface area contributed by atoms with Crippen LogP contribution >= 0.6 is 0 Å². The first-order chi connectivity index (χ1) is 8.72. The predicted octanol–water partition coefficient (Wildman–Crippen LogP) is 1.50. The smallest absolute Gasteiger partial charge is 0.0475 e. The van der Waals surface area contributed by atoms with Crippen LogP contribution in [0.5, 0.6) is 0 Å². The van der Waals surface area contributed by atoms with E-state index in [-0.39, 0.29) is 0 Å². The first kappa shape index (κ1) is 12.9. The Balaban J connectivity index is 1.40. The van der Waals surface area contributed by atoms with Crippen LogP contribution in [0.3, 0.4) is 0 Å². The Morgan fingerprint density at radius 2 is 1.83 bits per heavy atom. The van der Waals surface area contributed by atoms with Crippen LogP contribution in [0.25, 0.3) is 0 Å². The summed E-state index contributed by atoms with van der Waals surface area (Å²) in [5, 5.41) is 0. The van der Waals surface area contributed by atoms with E-state index < -0.39 is 0 Å². The van der Waals surface area contributed by atoms with Gasteiger partial charge in [-0.15, -0.1) is 0 Å². The zero-order chi connectivity index (χ0) is 12.6. The van der Waals surface area contributed by atoms with E-state index in [0.29, 0.717) is 5.54 Å². The monoisotopic (exact) mass is 251 g/mol. The maximum Gasteiger partial charge on any atom is 0.0475 e. The molecule has 1 spiro atoms. The molecule has 3 aliphatic rings. The first-order valence-electron chi connectivity index (χ1n) is 7.88. The van der Waals surface area contributed by atoms with E-state index >= 15 is 0 Å². The predicted molar refractivity (Wildman–Crippen MR) is 75.9 cm³/mol. The molecule has 0 aromatic rings. The molecule has 3 saturated heterocycles. The van der Waals surface area contributed by atoms with Gasteiger partial charge in [-0.1, -0.05) is 6.92 Å². The van der Waals surface area contributed by atoms with E-state index in [2.05, 4.69) is 28.7 Å². The Kier molecular flexibility index (Phi) is 3.65. The molecule has 3 heteroatoms. The molecule has 3 rings (SSSR count). The molecule has 0 aliphatic carbocycles. The van der Waals surface area contributed by atoms with E-state index in [1.165, 1.54) is 71.5 Å². The Morgan fingerprint density at radius 1 is 1.11 bits per heavy atom. The highest BCUT2D eigenvalue weighted by Crippen LogP contribution is 2.39. The molecule has 3 nitrogen and oxygen atoms in total. The quantitative estimate of drug-likeness (QED) is 0.750. The van der Waals surface area contributed by atoms with E-state index in [0.717, 1.165) is 5.92 Å². The SMILES string of the molecule is CCCN1CCC12CN(CC1CCN(C)CC1)C2. The van der Waals surface area contributed by atoms with Crippen LogP contribution in [0.15, 0.2) is 0 Å². The maximum absolute atomic E-state index is 2.73. The topological polar surface area (TPSA) is 9.72 Å². The number of piperidine rings is 1. The average molecular weight is 251 g/mol. The number of nitrogens with zero attached hydrogens (tertiary/aromatic N) is 3.